The Morgan fingerprint density at radius 3 is 2.21 bits per heavy atom. The van der Waals surface area contributed by atoms with Gasteiger partial charge in [-0.15, -0.1) is 12.4 Å². The molecule has 9 heteroatoms. The van der Waals surface area contributed by atoms with Gasteiger partial charge in [0.05, 0.1) is 12.2 Å². The van der Waals surface area contributed by atoms with Crippen molar-refractivity contribution < 1.29 is 27.1 Å². The third-order valence-corrected chi connectivity index (χ3v) is 2.60. The molecule has 1 rings (SSSR count). The first-order chi connectivity index (χ1) is 8.18. The van der Waals surface area contributed by atoms with E-state index in [9.17, 15) is 22.0 Å². The van der Waals surface area contributed by atoms with Crippen LogP contribution < -0.4 is 5.73 Å². The second-order valence-corrected chi connectivity index (χ2v) is 4.06. The fourth-order valence-corrected chi connectivity index (χ4v) is 1.62. The molecule has 0 aliphatic heterocycles. The largest absolute Gasteiger partial charge is 0.419 e. The molecule has 110 valence electrons. The number of hydrogen-bond acceptors (Lipinski definition) is 2. The molecule has 0 amide bonds. The van der Waals surface area contributed by atoms with Crippen molar-refractivity contribution in [2.75, 3.05) is 6.61 Å². The van der Waals surface area contributed by atoms with Crippen LogP contribution in [0.4, 0.5) is 22.0 Å². The van der Waals surface area contributed by atoms with E-state index in [4.69, 9.17) is 22.4 Å². The molecular weight excluding hydrogens is 316 g/mol. The summed E-state index contributed by atoms with van der Waals surface area (Å²) in [7, 11) is 0. The van der Waals surface area contributed by atoms with Crippen LogP contribution >= 0.6 is 24.0 Å². The molecule has 1 aromatic rings. The van der Waals surface area contributed by atoms with Crippen molar-refractivity contribution in [1.29, 1.82) is 0 Å². The van der Waals surface area contributed by atoms with Crippen molar-refractivity contribution in [3.8, 4) is 0 Å². The minimum Gasteiger partial charge on any atom is -0.395 e. The number of aliphatic hydroxyl groups excluding tert-OH is 1. The number of halogens is 7. The minimum absolute atomic E-state index is 0. The Morgan fingerprint density at radius 2 is 1.79 bits per heavy atom. The van der Waals surface area contributed by atoms with Crippen LogP contribution in [-0.2, 0) is 12.6 Å². The molecule has 1 atom stereocenters. The van der Waals surface area contributed by atoms with Gasteiger partial charge in [0.25, 0.3) is 0 Å². The van der Waals surface area contributed by atoms with E-state index in [0.29, 0.717) is 6.07 Å². The first-order valence-corrected chi connectivity index (χ1v) is 5.16. The summed E-state index contributed by atoms with van der Waals surface area (Å²) in [4.78, 5) is 0. The molecule has 0 aliphatic carbocycles. The van der Waals surface area contributed by atoms with E-state index in [1.807, 2.05) is 0 Å². The molecule has 0 saturated heterocycles. The molecule has 19 heavy (non-hydrogen) atoms. The SMILES string of the molecule is Cl.NC(CO)Cc1c(Cl)cc(C(F)(F)F)c(F)c1F. The smallest absolute Gasteiger partial charge is 0.395 e. The van der Waals surface area contributed by atoms with Crippen LogP contribution in [0.15, 0.2) is 6.07 Å². The van der Waals surface area contributed by atoms with E-state index in [1.165, 1.54) is 0 Å². The number of rotatable bonds is 3. The van der Waals surface area contributed by atoms with E-state index < -0.39 is 46.6 Å². The fraction of sp³-hybridized carbons (Fsp3) is 0.400. The summed E-state index contributed by atoms with van der Waals surface area (Å²) < 4.78 is 63.7. The molecular formula is C10H10Cl2F5NO. The summed E-state index contributed by atoms with van der Waals surface area (Å²) in [6, 6.07) is -0.632. The van der Waals surface area contributed by atoms with E-state index in [2.05, 4.69) is 0 Å². The standard InChI is InChI=1S/C10H9ClF5NO.ClH/c11-7-2-6(10(14,15)16)9(13)8(12)5(7)1-4(17)3-18;/h2,4,18H,1,3,17H2;1H. The second kappa shape index (κ2) is 6.69. The summed E-state index contributed by atoms with van der Waals surface area (Å²) in [6.07, 6.45) is -5.40. The topological polar surface area (TPSA) is 46.2 Å². The monoisotopic (exact) mass is 325 g/mol. The Bertz CT molecular complexity index is 453. The van der Waals surface area contributed by atoms with E-state index in [0.717, 1.165) is 0 Å². The Kier molecular flexibility index (Phi) is 6.47. The van der Waals surface area contributed by atoms with Gasteiger partial charge in [-0.2, -0.15) is 13.2 Å². The summed E-state index contributed by atoms with van der Waals surface area (Å²) in [5.74, 6) is -3.72. The molecule has 0 bridgehead atoms. The zero-order valence-corrected chi connectivity index (χ0v) is 10.8. The highest BCUT2D eigenvalue weighted by molar-refractivity contribution is 6.31. The Morgan fingerprint density at radius 1 is 1.26 bits per heavy atom. The summed E-state index contributed by atoms with van der Waals surface area (Å²) in [6.45, 7) is -0.529. The predicted octanol–water partition coefficient (Wildman–Crippen LogP) is 2.92. The van der Waals surface area contributed by atoms with Crippen molar-refractivity contribution in [2.45, 2.75) is 18.6 Å². The summed E-state index contributed by atoms with van der Waals surface area (Å²) in [5.41, 5.74) is 3.04. The number of hydrogen-bond donors (Lipinski definition) is 2. The highest BCUT2D eigenvalue weighted by atomic mass is 35.5. The third-order valence-electron chi connectivity index (χ3n) is 2.26. The van der Waals surface area contributed by atoms with Gasteiger partial charge in [0, 0.05) is 16.6 Å². The lowest BCUT2D eigenvalue weighted by molar-refractivity contribution is -0.140. The molecule has 0 aliphatic rings. The van der Waals surface area contributed by atoms with Gasteiger partial charge in [-0.05, 0) is 12.5 Å². The van der Waals surface area contributed by atoms with Crippen molar-refractivity contribution in [1.82, 2.24) is 0 Å². The average molecular weight is 326 g/mol. The Balaban J connectivity index is 0.00000324. The number of aliphatic hydroxyl groups is 1. The lowest BCUT2D eigenvalue weighted by atomic mass is 10.0. The van der Waals surface area contributed by atoms with Crippen molar-refractivity contribution >= 4 is 24.0 Å². The third kappa shape index (κ3) is 4.17. The van der Waals surface area contributed by atoms with Crippen LogP contribution in [0.25, 0.3) is 0 Å². The predicted molar refractivity (Wildman–Crippen MR) is 62.4 cm³/mol. The minimum atomic E-state index is -5.04. The normalized spacial score (nSPS) is 13.1. The molecule has 1 unspecified atom stereocenters. The average Bonchev–Trinajstić information content (AvgIpc) is 2.27. The second-order valence-electron chi connectivity index (χ2n) is 3.66. The van der Waals surface area contributed by atoms with Crippen LogP contribution in [-0.4, -0.2) is 17.8 Å². The lowest BCUT2D eigenvalue weighted by Gasteiger charge is -2.15. The maximum absolute atomic E-state index is 13.5. The Labute approximate surface area is 116 Å². The molecule has 1 aromatic carbocycles. The van der Waals surface area contributed by atoms with Gasteiger partial charge in [0.15, 0.2) is 11.6 Å². The quantitative estimate of drug-likeness (QED) is 0.663. The van der Waals surface area contributed by atoms with Crippen molar-refractivity contribution in [3.05, 3.63) is 33.9 Å². The zero-order valence-electron chi connectivity index (χ0n) is 9.27. The van der Waals surface area contributed by atoms with E-state index in [-0.39, 0.29) is 18.8 Å². The van der Waals surface area contributed by atoms with Crippen molar-refractivity contribution in [3.63, 3.8) is 0 Å². The number of alkyl halides is 3. The number of benzene rings is 1. The van der Waals surface area contributed by atoms with Gasteiger partial charge in [0.1, 0.15) is 0 Å². The van der Waals surface area contributed by atoms with Gasteiger partial charge < -0.3 is 10.8 Å². The van der Waals surface area contributed by atoms with Crippen molar-refractivity contribution in [2.24, 2.45) is 5.73 Å². The molecule has 2 nitrogen and oxygen atoms in total. The van der Waals surface area contributed by atoms with Crippen LogP contribution in [0.5, 0.6) is 0 Å². The first-order valence-electron chi connectivity index (χ1n) is 4.78. The van der Waals surface area contributed by atoms with E-state index >= 15 is 0 Å². The molecule has 0 fully saturated rings. The highest BCUT2D eigenvalue weighted by Gasteiger charge is 2.37. The van der Waals surface area contributed by atoms with Gasteiger partial charge in [-0.1, -0.05) is 11.6 Å². The molecule has 0 heterocycles. The van der Waals surface area contributed by atoms with Crippen LogP contribution in [0.3, 0.4) is 0 Å². The van der Waals surface area contributed by atoms with Gasteiger partial charge in [-0.25, -0.2) is 8.78 Å². The fourth-order valence-electron chi connectivity index (χ4n) is 1.35. The Hall–Kier alpha value is -0.630. The first kappa shape index (κ1) is 18.4. The maximum atomic E-state index is 13.5. The maximum Gasteiger partial charge on any atom is 0.419 e. The molecule has 0 radical (unpaired) electrons. The van der Waals surface area contributed by atoms with Crippen LogP contribution in [0.2, 0.25) is 5.02 Å². The lowest BCUT2D eigenvalue weighted by Crippen LogP contribution is -2.28. The van der Waals surface area contributed by atoms with Gasteiger partial charge >= 0.3 is 6.18 Å². The van der Waals surface area contributed by atoms with Gasteiger partial charge in [0.2, 0.25) is 0 Å². The van der Waals surface area contributed by atoms with E-state index in [1.54, 1.807) is 0 Å². The molecule has 0 saturated carbocycles. The van der Waals surface area contributed by atoms with Crippen LogP contribution in [0.1, 0.15) is 11.1 Å². The number of nitrogens with two attached hydrogens (primary N) is 1. The van der Waals surface area contributed by atoms with Gasteiger partial charge in [-0.3, -0.25) is 0 Å². The molecule has 0 spiro atoms. The zero-order chi connectivity index (χ0) is 14.1. The highest BCUT2D eigenvalue weighted by Crippen LogP contribution is 2.36. The van der Waals surface area contributed by atoms with Crippen LogP contribution in [0, 0.1) is 11.6 Å². The summed E-state index contributed by atoms with van der Waals surface area (Å²) in [5, 5.41) is 8.09. The molecule has 3 N–H and O–H groups in total. The molecule has 0 aromatic heterocycles. The summed E-state index contributed by atoms with van der Waals surface area (Å²) >= 11 is 5.47.